The van der Waals surface area contributed by atoms with Gasteiger partial charge in [0.05, 0.1) is 38.1 Å². The maximum Gasteiger partial charge on any atom is 0.222 e. The van der Waals surface area contributed by atoms with Crippen molar-refractivity contribution in [2.24, 2.45) is 11.8 Å². The molecule has 10 nitrogen and oxygen atoms in total. The Morgan fingerprint density at radius 1 is 1.05 bits per heavy atom. The molecule has 0 aromatic rings. The summed E-state index contributed by atoms with van der Waals surface area (Å²) in [6.07, 6.45) is 5.61. The van der Waals surface area contributed by atoms with Gasteiger partial charge in [0.25, 0.3) is 0 Å². The van der Waals surface area contributed by atoms with Crippen LogP contribution in [-0.2, 0) is 23.8 Å². The molecule has 1 saturated carbocycles. The lowest BCUT2D eigenvalue weighted by Gasteiger charge is -2.30. The molecule has 7 atom stereocenters. The number of amides is 2. The Kier molecular flexibility index (Phi) is 15.1. The minimum absolute atomic E-state index is 0.179. The molecule has 0 spiro atoms. The van der Waals surface area contributed by atoms with Crippen LogP contribution in [0.2, 0.25) is 0 Å². The number of carbonyl (C=O) groups excluding carboxylic acids is 2. The molecule has 2 aliphatic rings. The van der Waals surface area contributed by atoms with Crippen molar-refractivity contribution in [2.45, 2.75) is 122 Å². The van der Waals surface area contributed by atoms with Crippen LogP contribution in [0.4, 0.5) is 0 Å². The van der Waals surface area contributed by atoms with E-state index >= 15 is 0 Å². The van der Waals surface area contributed by atoms with E-state index in [1.165, 1.54) is 20.3 Å². The van der Waals surface area contributed by atoms with Crippen molar-refractivity contribution >= 4 is 11.8 Å². The average Bonchev–Trinajstić information content (AvgIpc) is 3.54. The average molecular weight is 545 g/mol. The number of unbranched alkanes of at least 4 members (excludes halogenated alkanes) is 2. The first-order valence-electron chi connectivity index (χ1n) is 14.5. The van der Waals surface area contributed by atoms with Crippen molar-refractivity contribution in [3.63, 3.8) is 0 Å². The highest BCUT2D eigenvalue weighted by Gasteiger charge is 2.32. The highest BCUT2D eigenvalue weighted by molar-refractivity contribution is 5.76. The van der Waals surface area contributed by atoms with Gasteiger partial charge in [-0.1, -0.05) is 20.3 Å². The number of rotatable bonds is 18. The fraction of sp³-hybridized carbons (Fsp3) is 0.929. The molecule has 0 bridgehead atoms. The van der Waals surface area contributed by atoms with Crippen molar-refractivity contribution in [2.75, 3.05) is 33.0 Å². The first kappa shape index (κ1) is 32.9. The first-order chi connectivity index (χ1) is 18.2. The molecular formula is C28H52N2O8. The lowest BCUT2D eigenvalue weighted by molar-refractivity contribution is -0.214. The van der Waals surface area contributed by atoms with Crippen LogP contribution in [0.1, 0.15) is 85.5 Å². The van der Waals surface area contributed by atoms with Crippen LogP contribution in [0.5, 0.6) is 0 Å². The number of nitrogens with zero attached hydrogens (tertiary/aromatic N) is 1. The summed E-state index contributed by atoms with van der Waals surface area (Å²) in [6.45, 7) is 8.24. The van der Waals surface area contributed by atoms with Gasteiger partial charge >= 0.3 is 0 Å². The number of hydrogen-bond donors (Lipinski definition) is 4. The Morgan fingerprint density at radius 3 is 2.42 bits per heavy atom. The van der Waals surface area contributed by atoms with Crippen LogP contribution in [0.25, 0.3) is 0 Å². The number of aliphatic hydroxyl groups excluding tert-OH is 3. The minimum atomic E-state index is -1.03. The van der Waals surface area contributed by atoms with Gasteiger partial charge in [-0.15, -0.1) is 0 Å². The maximum absolute atomic E-state index is 12.9. The number of likely N-dealkylation sites (tertiary alicyclic amines) is 1. The summed E-state index contributed by atoms with van der Waals surface area (Å²) in [4.78, 5) is 26.4. The van der Waals surface area contributed by atoms with Crippen LogP contribution in [0.3, 0.4) is 0 Å². The van der Waals surface area contributed by atoms with E-state index in [0.717, 1.165) is 51.0 Å². The number of aliphatic hydroxyl groups is 3. The van der Waals surface area contributed by atoms with Gasteiger partial charge in [-0.2, -0.15) is 0 Å². The second-order valence-electron chi connectivity index (χ2n) is 11.3. The predicted octanol–water partition coefficient (Wildman–Crippen LogP) is 1.98. The van der Waals surface area contributed by atoms with E-state index < -0.39 is 37.8 Å². The van der Waals surface area contributed by atoms with Gasteiger partial charge in [-0.3, -0.25) is 9.59 Å². The molecule has 38 heavy (non-hydrogen) atoms. The normalized spacial score (nSPS) is 24.9. The molecule has 2 fully saturated rings. The van der Waals surface area contributed by atoms with Gasteiger partial charge < -0.3 is 39.7 Å². The second kappa shape index (κ2) is 17.4. The van der Waals surface area contributed by atoms with Crippen LogP contribution in [0.15, 0.2) is 0 Å². The summed E-state index contributed by atoms with van der Waals surface area (Å²) in [5.74, 6) is 1.28. The number of hydrogen-bond acceptors (Lipinski definition) is 8. The van der Waals surface area contributed by atoms with Crippen molar-refractivity contribution < 1.29 is 39.1 Å². The third-order valence-electron chi connectivity index (χ3n) is 7.85. The third kappa shape index (κ3) is 11.1. The van der Waals surface area contributed by atoms with Gasteiger partial charge in [-0.25, -0.2) is 0 Å². The monoisotopic (exact) mass is 544 g/mol. The molecule has 0 aromatic carbocycles. The highest BCUT2D eigenvalue weighted by atomic mass is 16.7. The largest absolute Gasteiger partial charge is 0.394 e. The van der Waals surface area contributed by atoms with Crippen LogP contribution in [0, 0.1) is 11.8 Å². The van der Waals surface area contributed by atoms with Crippen molar-refractivity contribution in [1.82, 2.24) is 10.2 Å². The van der Waals surface area contributed by atoms with Crippen molar-refractivity contribution in [3.05, 3.63) is 0 Å². The fourth-order valence-electron chi connectivity index (χ4n) is 5.41. The summed E-state index contributed by atoms with van der Waals surface area (Å²) < 4.78 is 17.7. The molecule has 1 heterocycles. The SMILES string of the molecule is CC(=O)N[C@@H](CO)C(OCCCCCC(=O)N1CCC[C@H]1COC1CCC(C(C)C)C1)OC(CO)[C@@H](C)O. The van der Waals surface area contributed by atoms with E-state index in [0.29, 0.717) is 31.5 Å². The maximum atomic E-state index is 12.9. The van der Waals surface area contributed by atoms with E-state index in [9.17, 15) is 24.9 Å². The Hall–Kier alpha value is -1.30. The zero-order valence-electron chi connectivity index (χ0n) is 23.8. The fourth-order valence-corrected chi connectivity index (χ4v) is 5.41. The smallest absolute Gasteiger partial charge is 0.222 e. The number of ether oxygens (including phenoxy) is 3. The molecule has 4 N–H and O–H groups in total. The molecule has 4 unspecified atom stereocenters. The zero-order valence-corrected chi connectivity index (χ0v) is 23.8. The summed E-state index contributed by atoms with van der Waals surface area (Å²) in [5, 5.41) is 31.5. The van der Waals surface area contributed by atoms with Gasteiger partial charge in [0.2, 0.25) is 11.8 Å². The third-order valence-corrected chi connectivity index (χ3v) is 7.85. The van der Waals surface area contributed by atoms with Crippen LogP contribution in [-0.4, -0.2) is 102 Å². The lowest BCUT2D eigenvalue weighted by Crippen LogP contribution is -2.50. The molecule has 2 amide bonds. The standard InChI is InChI=1S/C28H52N2O8/c1-19(2)22-11-12-24(15-22)37-18-23-9-8-13-30(23)27(35)10-6-5-7-14-36-28(25(16-31)29-21(4)34)38-26(17-32)20(3)33/h19-20,22-26,28,31-33H,5-18H2,1-4H3,(H,29,34)/t20-,22?,23+,24?,25+,26?,28?/m1/s1. The molecule has 222 valence electrons. The van der Waals surface area contributed by atoms with E-state index in [1.54, 1.807) is 0 Å². The van der Waals surface area contributed by atoms with E-state index in [1.807, 2.05) is 4.90 Å². The molecule has 10 heteroatoms. The molecular weight excluding hydrogens is 492 g/mol. The minimum Gasteiger partial charge on any atom is -0.394 e. The quantitative estimate of drug-likeness (QED) is 0.152. The van der Waals surface area contributed by atoms with E-state index in [-0.39, 0.29) is 24.5 Å². The Labute approximate surface area is 228 Å². The number of carbonyl (C=O) groups is 2. The van der Waals surface area contributed by atoms with Gasteiger partial charge in [-0.05, 0) is 63.7 Å². The number of nitrogens with one attached hydrogen (secondary N) is 1. The second-order valence-corrected chi connectivity index (χ2v) is 11.3. The first-order valence-corrected chi connectivity index (χ1v) is 14.5. The highest BCUT2D eigenvalue weighted by Crippen LogP contribution is 2.33. The van der Waals surface area contributed by atoms with E-state index in [2.05, 4.69) is 19.2 Å². The van der Waals surface area contributed by atoms with Gasteiger partial charge in [0.1, 0.15) is 12.1 Å². The molecule has 0 aromatic heterocycles. The molecule has 2 rings (SSSR count). The molecule has 1 saturated heterocycles. The zero-order chi connectivity index (χ0) is 28.1. The van der Waals surface area contributed by atoms with Gasteiger partial charge in [0.15, 0.2) is 6.29 Å². The summed E-state index contributed by atoms with van der Waals surface area (Å²) >= 11 is 0. The topological polar surface area (TPSA) is 138 Å². The molecule has 1 aliphatic carbocycles. The summed E-state index contributed by atoms with van der Waals surface area (Å²) in [7, 11) is 0. The molecule has 1 aliphatic heterocycles. The summed E-state index contributed by atoms with van der Waals surface area (Å²) in [6, 6.07) is -0.656. The van der Waals surface area contributed by atoms with Crippen LogP contribution >= 0.6 is 0 Å². The molecule has 0 radical (unpaired) electrons. The Morgan fingerprint density at radius 2 is 1.82 bits per heavy atom. The summed E-state index contributed by atoms with van der Waals surface area (Å²) in [5.41, 5.74) is 0. The lowest BCUT2D eigenvalue weighted by atomic mass is 9.95. The van der Waals surface area contributed by atoms with Gasteiger partial charge in [0, 0.05) is 26.5 Å². The van der Waals surface area contributed by atoms with Crippen molar-refractivity contribution in [3.8, 4) is 0 Å². The Balaban J connectivity index is 1.70. The predicted molar refractivity (Wildman–Crippen MR) is 143 cm³/mol. The Bertz CT molecular complexity index is 692. The van der Waals surface area contributed by atoms with Crippen molar-refractivity contribution in [1.29, 1.82) is 0 Å². The van der Waals surface area contributed by atoms with Crippen LogP contribution < -0.4 is 5.32 Å². The van der Waals surface area contributed by atoms with E-state index in [4.69, 9.17) is 14.2 Å².